The fraction of sp³-hybridized carbons (Fsp3) is 0.412. The zero-order valence-corrected chi connectivity index (χ0v) is 12.0. The van der Waals surface area contributed by atoms with Gasteiger partial charge in [0.1, 0.15) is 6.29 Å². The monoisotopic (exact) mass is 257 g/mol. The minimum Gasteiger partial charge on any atom is -0.298 e. The molecule has 1 heterocycles. The average Bonchev–Trinajstić information content (AvgIpc) is 2.45. The summed E-state index contributed by atoms with van der Waals surface area (Å²) in [5, 5.41) is 0. The first-order valence-corrected chi connectivity index (χ1v) is 6.94. The number of unbranched alkanes of at least 4 members (excludes halogenated alkanes) is 2. The van der Waals surface area contributed by atoms with Crippen molar-refractivity contribution >= 4 is 11.9 Å². The second-order valence-corrected chi connectivity index (χ2v) is 4.76. The SMILES string of the molecule is C=C(C=O)C/C(=C\C)c1ccnc(CCCCC)c1. The van der Waals surface area contributed by atoms with Gasteiger partial charge in [0.15, 0.2) is 0 Å². The second-order valence-electron chi connectivity index (χ2n) is 4.76. The van der Waals surface area contributed by atoms with Crippen LogP contribution in [-0.2, 0) is 11.2 Å². The maximum Gasteiger partial charge on any atom is 0.145 e. The Morgan fingerprint density at radius 2 is 2.21 bits per heavy atom. The first kappa shape index (κ1) is 15.4. The number of aryl methyl sites for hydroxylation is 1. The zero-order valence-electron chi connectivity index (χ0n) is 12.0. The third-order valence-electron chi connectivity index (χ3n) is 3.16. The fourth-order valence-electron chi connectivity index (χ4n) is 2.03. The highest BCUT2D eigenvalue weighted by atomic mass is 16.1. The van der Waals surface area contributed by atoms with Crippen LogP contribution < -0.4 is 0 Å². The molecule has 1 aromatic heterocycles. The Hall–Kier alpha value is -1.70. The number of carbonyl (C=O) groups is 1. The van der Waals surface area contributed by atoms with E-state index in [4.69, 9.17) is 0 Å². The van der Waals surface area contributed by atoms with E-state index in [1.165, 1.54) is 19.3 Å². The highest BCUT2D eigenvalue weighted by Gasteiger charge is 2.04. The Morgan fingerprint density at radius 3 is 2.84 bits per heavy atom. The van der Waals surface area contributed by atoms with Crippen LogP contribution in [0.1, 0.15) is 50.8 Å². The molecule has 19 heavy (non-hydrogen) atoms. The number of pyridine rings is 1. The summed E-state index contributed by atoms with van der Waals surface area (Å²) in [5.41, 5.74) is 4.02. The topological polar surface area (TPSA) is 30.0 Å². The van der Waals surface area contributed by atoms with Crippen LogP contribution in [0.15, 0.2) is 36.6 Å². The number of hydrogen-bond acceptors (Lipinski definition) is 2. The summed E-state index contributed by atoms with van der Waals surface area (Å²) in [4.78, 5) is 15.1. The number of hydrogen-bond donors (Lipinski definition) is 0. The Labute approximate surface area is 116 Å². The molecule has 0 aliphatic carbocycles. The van der Waals surface area contributed by atoms with E-state index in [2.05, 4.69) is 24.6 Å². The average molecular weight is 257 g/mol. The molecular formula is C17H23NO. The van der Waals surface area contributed by atoms with Crippen LogP contribution in [0, 0.1) is 0 Å². The van der Waals surface area contributed by atoms with Gasteiger partial charge in [-0.1, -0.05) is 32.4 Å². The normalized spacial score (nSPS) is 11.4. The van der Waals surface area contributed by atoms with Crippen molar-refractivity contribution in [1.82, 2.24) is 4.98 Å². The summed E-state index contributed by atoms with van der Waals surface area (Å²) < 4.78 is 0. The molecule has 0 amide bonds. The van der Waals surface area contributed by atoms with Gasteiger partial charge in [0, 0.05) is 18.3 Å². The van der Waals surface area contributed by atoms with Crippen LogP contribution in [0.5, 0.6) is 0 Å². The Bertz CT molecular complexity index is 460. The maximum absolute atomic E-state index is 10.7. The van der Waals surface area contributed by atoms with E-state index in [1.807, 2.05) is 25.3 Å². The molecule has 2 heteroatoms. The van der Waals surface area contributed by atoms with Crippen LogP contribution >= 0.6 is 0 Å². The van der Waals surface area contributed by atoms with Crippen LogP contribution in [0.4, 0.5) is 0 Å². The molecule has 0 bridgehead atoms. The minimum atomic E-state index is 0.609. The number of nitrogens with zero attached hydrogens (tertiary/aromatic N) is 1. The molecule has 1 rings (SSSR count). The molecule has 0 saturated carbocycles. The number of allylic oxidation sites excluding steroid dienone is 3. The third-order valence-corrected chi connectivity index (χ3v) is 3.16. The number of carbonyl (C=O) groups excluding carboxylic acids is 1. The molecule has 0 aromatic carbocycles. The van der Waals surface area contributed by atoms with Gasteiger partial charge in [-0.15, -0.1) is 0 Å². The smallest absolute Gasteiger partial charge is 0.145 e. The van der Waals surface area contributed by atoms with Gasteiger partial charge in [-0.2, -0.15) is 0 Å². The van der Waals surface area contributed by atoms with Crippen LogP contribution in [0.3, 0.4) is 0 Å². The number of aromatic nitrogens is 1. The molecule has 0 radical (unpaired) electrons. The minimum absolute atomic E-state index is 0.609. The van der Waals surface area contributed by atoms with E-state index in [1.54, 1.807) is 0 Å². The number of rotatable bonds is 8. The van der Waals surface area contributed by atoms with E-state index in [9.17, 15) is 4.79 Å². The summed E-state index contributed by atoms with van der Waals surface area (Å²) in [7, 11) is 0. The molecule has 0 fully saturated rings. The van der Waals surface area contributed by atoms with Crippen LogP contribution in [-0.4, -0.2) is 11.3 Å². The lowest BCUT2D eigenvalue weighted by Crippen LogP contribution is -1.94. The molecule has 0 saturated heterocycles. The quantitative estimate of drug-likeness (QED) is 0.393. The van der Waals surface area contributed by atoms with Crippen molar-refractivity contribution in [3.05, 3.63) is 47.8 Å². The standard InChI is InChI=1S/C17H23NO/c1-4-6-7-8-17-12-16(9-10-18-17)15(5-2)11-14(3)13-19/h5,9-10,12-13H,3-4,6-8,11H2,1-2H3/b15-5+. The van der Waals surface area contributed by atoms with E-state index in [0.717, 1.165) is 29.5 Å². The lowest BCUT2D eigenvalue weighted by atomic mass is 9.98. The van der Waals surface area contributed by atoms with Gasteiger partial charge in [-0.3, -0.25) is 9.78 Å². The van der Waals surface area contributed by atoms with Crippen LogP contribution in [0.2, 0.25) is 0 Å². The van der Waals surface area contributed by atoms with Crippen molar-refractivity contribution in [3.8, 4) is 0 Å². The first-order valence-electron chi connectivity index (χ1n) is 6.94. The zero-order chi connectivity index (χ0) is 14.1. The molecule has 102 valence electrons. The summed E-state index contributed by atoms with van der Waals surface area (Å²) >= 11 is 0. The van der Waals surface area contributed by atoms with E-state index in [-0.39, 0.29) is 0 Å². The molecule has 1 aromatic rings. The molecule has 0 aliphatic heterocycles. The lowest BCUT2D eigenvalue weighted by molar-refractivity contribution is -0.104. The first-order chi connectivity index (χ1) is 9.21. The Kier molecular flexibility index (Phi) is 6.80. The van der Waals surface area contributed by atoms with Gasteiger partial charge in [-0.25, -0.2) is 0 Å². The molecule has 0 N–H and O–H groups in total. The van der Waals surface area contributed by atoms with Crippen molar-refractivity contribution in [2.75, 3.05) is 0 Å². The van der Waals surface area contributed by atoms with E-state index >= 15 is 0 Å². The molecule has 0 unspecified atom stereocenters. The molecule has 0 spiro atoms. The van der Waals surface area contributed by atoms with Crippen molar-refractivity contribution in [1.29, 1.82) is 0 Å². The van der Waals surface area contributed by atoms with Gasteiger partial charge >= 0.3 is 0 Å². The predicted octanol–water partition coefficient (Wildman–Crippen LogP) is 4.36. The molecular weight excluding hydrogens is 234 g/mol. The lowest BCUT2D eigenvalue weighted by Gasteiger charge is -2.08. The van der Waals surface area contributed by atoms with Gasteiger partial charge < -0.3 is 0 Å². The molecule has 0 atom stereocenters. The van der Waals surface area contributed by atoms with Crippen molar-refractivity contribution in [2.24, 2.45) is 0 Å². The van der Waals surface area contributed by atoms with Gasteiger partial charge in [0.05, 0.1) is 0 Å². The number of aldehydes is 1. The molecule has 2 nitrogen and oxygen atoms in total. The highest BCUT2D eigenvalue weighted by molar-refractivity contribution is 5.79. The third kappa shape index (κ3) is 5.21. The van der Waals surface area contributed by atoms with Gasteiger partial charge in [0.25, 0.3) is 0 Å². The van der Waals surface area contributed by atoms with Crippen molar-refractivity contribution < 1.29 is 4.79 Å². The van der Waals surface area contributed by atoms with Gasteiger partial charge in [0.2, 0.25) is 0 Å². The fourth-order valence-corrected chi connectivity index (χ4v) is 2.03. The maximum atomic E-state index is 10.7. The van der Waals surface area contributed by atoms with E-state index in [0.29, 0.717) is 12.0 Å². The summed E-state index contributed by atoms with van der Waals surface area (Å²) in [5.74, 6) is 0. The van der Waals surface area contributed by atoms with Gasteiger partial charge in [-0.05, 0) is 48.6 Å². The van der Waals surface area contributed by atoms with E-state index < -0.39 is 0 Å². The highest BCUT2D eigenvalue weighted by Crippen LogP contribution is 2.21. The summed E-state index contributed by atoms with van der Waals surface area (Å²) in [6, 6.07) is 4.12. The largest absolute Gasteiger partial charge is 0.298 e. The summed E-state index contributed by atoms with van der Waals surface area (Å²) in [6.45, 7) is 7.94. The van der Waals surface area contributed by atoms with Crippen LogP contribution in [0.25, 0.3) is 5.57 Å². The Balaban J connectivity index is 2.78. The van der Waals surface area contributed by atoms with Crippen molar-refractivity contribution in [3.63, 3.8) is 0 Å². The Morgan fingerprint density at radius 1 is 1.42 bits per heavy atom. The summed E-state index contributed by atoms with van der Waals surface area (Å²) in [6.07, 6.45) is 9.99. The molecule has 0 aliphatic rings. The predicted molar refractivity (Wildman–Crippen MR) is 80.9 cm³/mol. The second kappa shape index (κ2) is 8.41. The van der Waals surface area contributed by atoms with Crippen molar-refractivity contribution in [2.45, 2.75) is 46.0 Å².